The lowest BCUT2D eigenvalue weighted by molar-refractivity contribution is -0.0365. The maximum absolute atomic E-state index is 6.03. The van der Waals surface area contributed by atoms with Gasteiger partial charge in [-0.15, -0.1) is 0 Å². The fourth-order valence-electron chi connectivity index (χ4n) is 4.03. The van der Waals surface area contributed by atoms with Crippen LogP contribution in [-0.4, -0.2) is 59.2 Å². The highest BCUT2D eigenvalue weighted by Crippen LogP contribution is 2.35. The first-order valence-corrected chi connectivity index (χ1v) is 10.8. The fraction of sp³-hybridized carbons (Fsp3) is 0.545. The van der Waals surface area contributed by atoms with Gasteiger partial charge in [-0.3, -0.25) is 4.68 Å². The third-order valence-electron chi connectivity index (χ3n) is 5.66. The van der Waals surface area contributed by atoms with Gasteiger partial charge in [0.1, 0.15) is 18.1 Å². The Balaban J connectivity index is 1.58. The summed E-state index contributed by atoms with van der Waals surface area (Å²) >= 11 is 0. The lowest BCUT2D eigenvalue weighted by atomic mass is 10.1. The van der Waals surface area contributed by atoms with Crippen LogP contribution in [0.5, 0.6) is 5.75 Å². The van der Waals surface area contributed by atoms with Gasteiger partial charge in [0.15, 0.2) is 6.23 Å². The summed E-state index contributed by atoms with van der Waals surface area (Å²) in [6, 6.07) is 6.25. The Labute approximate surface area is 175 Å². The molecule has 8 nitrogen and oxygen atoms in total. The molecule has 160 valence electrons. The summed E-state index contributed by atoms with van der Waals surface area (Å²) in [4.78, 5) is 0. The predicted octanol–water partition coefficient (Wildman–Crippen LogP) is 3.59. The molecule has 1 fully saturated rings. The SMILES string of the molecule is C[C@@H]1COCCOCCOc2ccc3c(c2)c(nn3C2CCCCO2)-c2cnn1c2. The highest BCUT2D eigenvalue weighted by molar-refractivity contribution is 5.94. The first-order valence-electron chi connectivity index (χ1n) is 10.8. The lowest BCUT2D eigenvalue weighted by Gasteiger charge is -2.23. The van der Waals surface area contributed by atoms with Crippen molar-refractivity contribution >= 4 is 10.9 Å². The van der Waals surface area contributed by atoms with Crippen LogP contribution in [0.2, 0.25) is 0 Å². The Bertz CT molecular complexity index is 992. The molecule has 1 saturated heterocycles. The summed E-state index contributed by atoms with van der Waals surface area (Å²) in [6.07, 6.45) is 7.11. The monoisotopic (exact) mass is 412 g/mol. The third-order valence-corrected chi connectivity index (χ3v) is 5.66. The van der Waals surface area contributed by atoms with E-state index in [1.54, 1.807) is 0 Å². The second-order valence-corrected chi connectivity index (χ2v) is 7.89. The standard InChI is InChI=1S/C22H28N4O4/c1-16-15-28-9-8-27-10-11-29-18-5-6-20-19(12-18)22(17-13-23-25(16)14-17)24-26(20)21-4-2-3-7-30-21/h5-6,12-14,16,21H,2-4,7-11,15H2,1H3/t16-,21?/m1/s1. The van der Waals surface area contributed by atoms with E-state index in [1.165, 1.54) is 0 Å². The van der Waals surface area contributed by atoms with E-state index in [9.17, 15) is 0 Å². The molecule has 2 aromatic heterocycles. The van der Waals surface area contributed by atoms with Crippen LogP contribution in [0.25, 0.3) is 22.2 Å². The van der Waals surface area contributed by atoms with Gasteiger partial charge in [0, 0.05) is 23.8 Å². The number of ether oxygens (including phenoxy) is 4. The summed E-state index contributed by atoms with van der Waals surface area (Å²) in [7, 11) is 0. The molecule has 4 bridgehead atoms. The Hall–Kier alpha value is -2.42. The third kappa shape index (κ3) is 3.95. The molecule has 0 radical (unpaired) electrons. The highest BCUT2D eigenvalue weighted by Gasteiger charge is 2.23. The molecule has 3 aromatic rings. The second-order valence-electron chi connectivity index (χ2n) is 7.89. The molecule has 2 aliphatic heterocycles. The van der Waals surface area contributed by atoms with E-state index >= 15 is 0 Å². The van der Waals surface area contributed by atoms with Gasteiger partial charge in [-0.2, -0.15) is 10.2 Å². The van der Waals surface area contributed by atoms with Crippen molar-refractivity contribution in [2.45, 2.75) is 38.5 Å². The predicted molar refractivity (Wildman–Crippen MR) is 112 cm³/mol. The Kier molecular flexibility index (Phi) is 5.70. The molecular weight excluding hydrogens is 384 g/mol. The largest absolute Gasteiger partial charge is 0.491 e. The van der Waals surface area contributed by atoms with Crippen molar-refractivity contribution in [3.05, 3.63) is 30.6 Å². The average Bonchev–Trinajstić information content (AvgIpc) is 3.40. The fourth-order valence-corrected chi connectivity index (χ4v) is 4.03. The van der Waals surface area contributed by atoms with E-state index in [1.807, 2.05) is 27.8 Å². The van der Waals surface area contributed by atoms with Crippen LogP contribution in [-0.2, 0) is 14.2 Å². The van der Waals surface area contributed by atoms with Crippen molar-refractivity contribution in [2.75, 3.05) is 39.6 Å². The topological polar surface area (TPSA) is 72.6 Å². The molecule has 30 heavy (non-hydrogen) atoms. The van der Waals surface area contributed by atoms with Gasteiger partial charge >= 0.3 is 0 Å². The van der Waals surface area contributed by atoms with Crippen molar-refractivity contribution < 1.29 is 18.9 Å². The van der Waals surface area contributed by atoms with Gasteiger partial charge in [-0.25, -0.2) is 4.68 Å². The molecule has 2 atom stereocenters. The maximum atomic E-state index is 6.03. The van der Waals surface area contributed by atoms with Gasteiger partial charge in [0.2, 0.25) is 0 Å². The second kappa shape index (κ2) is 8.75. The maximum Gasteiger partial charge on any atom is 0.150 e. The number of aromatic nitrogens is 4. The summed E-state index contributed by atoms with van der Waals surface area (Å²) in [6.45, 7) is 5.58. The van der Waals surface area contributed by atoms with Crippen LogP contribution < -0.4 is 4.74 Å². The van der Waals surface area contributed by atoms with Crippen LogP contribution in [0.3, 0.4) is 0 Å². The van der Waals surface area contributed by atoms with E-state index in [-0.39, 0.29) is 12.3 Å². The molecule has 1 aromatic carbocycles. The first-order chi connectivity index (χ1) is 14.8. The Morgan fingerprint density at radius 2 is 1.93 bits per heavy atom. The molecule has 0 amide bonds. The van der Waals surface area contributed by atoms with Crippen LogP contribution >= 0.6 is 0 Å². The molecule has 0 spiro atoms. The number of rotatable bonds is 1. The molecule has 5 rings (SSSR count). The molecule has 8 heteroatoms. The lowest BCUT2D eigenvalue weighted by Crippen LogP contribution is -2.19. The van der Waals surface area contributed by atoms with Gasteiger partial charge in [-0.1, -0.05) is 0 Å². The molecule has 1 unspecified atom stereocenters. The minimum absolute atomic E-state index is 0.0355. The number of hydrogen-bond donors (Lipinski definition) is 0. The normalized spacial score (nSPS) is 23.5. The van der Waals surface area contributed by atoms with Gasteiger partial charge in [0.05, 0.1) is 44.2 Å². The summed E-state index contributed by atoms with van der Waals surface area (Å²) in [5.74, 6) is 0.806. The summed E-state index contributed by atoms with van der Waals surface area (Å²) < 4.78 is 27.2. The van der Waals surface area contributed by atoms with Crippen molar-refractivity contribution in [1.29, 1.82) is 0 Å². The number of fused-ring (bicyclic) bond motifs is 4. The van der Waals surface area contributed by atoms with Crippen LogP contribution in [0.15, 0.2) is 30.6 Å². The Morgan fingerprint density at radius 3 is 2.83 bits per heavy atom. The zero-order valence-electron chi connectivity index (χ0n) is 17.3. The van der Waals surface area contributed by atoms with Crippen molar-refractivity contribution in [2.24, 2.45) is 0 Å². The summed E-state index contributed by atoms with van der Waals surface area (Å²) in [5, 5.41) is 10.6. The smallest absolute Gasteiger partial charge is 0.150 e. The van der Waals surface area contributed by atoms with E-state index in [2.05, 4.69) is 24.2 Å². The van der Waals surface area contributed by atoms with Crippen LogP contribution in [0.1, 0.15) is 38.5 Å². The van der Waals surface area contributed by atoms with Gasteiger partial charge in [0.25, 0.3) is 0 Å². The molecule has 0 N–H and O–H groups in total. The van der Waals surface area contributed by atoms with E-state index < -0.39 is 0 Å². The van der Waals surface area contributed by atoms with Crippen LogP contribution in [0.4, 0.5) is 0 Å². The number of nitrogens with zero attached hydrogens (tertiary/aromatic N) is 4. The molecular formula is C22H28N4O4. The van der Waals surface area contributed by atoms with Gasteiger partial charge < -0.3 is 18.9 Å². The van der Waals surface area contributed by atoms with E-state index in [0.717, 1.165) is 53.8 Å². The first kappa shape index (κ1) is 19.5. The van der Waals surface area contributed by atoms with Crippen LogP contribution in [0, 0.1) is 0 Å². The van der Waals surface area contributed by atoms with Crippen molar-refractivity contribution in [3.8, 4) is 17.0 Å². The molecule has 0 aliphatic carbocycles. The Morgan fingerprint density at radius 1 is 1.03 bits per heavy atom. The average molecular weight is 412 g/mol. The van der Waals surface area contributed by atoms with Crippen molar-refractivity contribution in [1.82, 2.24) is 19.6 Å². The molecule has 4 heterocycles. The zero-order chi connectivity index (χ0) is 20.3. The molecule has 0 saturated carbocycles. The number of benzene rings is 1. The summed E-state index contributed by atoms with van der Waals surface area (Å²) in [5.41, 5.74) is 2.92. The van der Waals surface area contributed by atoms with E-state index in [0.29, 0.717) is 33.0 Å². The zero-order valence-corrected chi connectivity index (χ0v) is 17.3. The van der Waals surface area contributed by atoms with Gasteiger partial charge in [-0.05, 0) is 44.4 Å². The highest BCUT2D eigenvalue weighted by atomic mass is 16.5. The minimum atomic E-state index is -0.0355. The quantitative estimate of drug-likeness (QED) is 0.608. The number of hydrogen-bond acceptors (Lipinski definition) is 6. The van der Waals surface area contributed by atoms with Crippen molar-refractivity contribution in [3.63, 3.8) is 0 Å². The molecule has 2 aliphatic rings. The van der Waals surface area contributed by atoms with E-state index in [4.69, 9.17) is 24.0 Å². The minimum Gasteiger partial charge on any atom is -0.491 e.